The zero-order valence-corrected chi connectivity index (χ0v) is 12.5. The maximum absolute atomic E-state index is 13.6. The number of Topliss-reactive ketones (excluding diaryl/α,β-unsaturated/α-hetero) is 1. The zero-order valence-electron chi connectivity index (χ0n) is 10.9. The van der Waals surface area contributed by atoms with E-state index < -0.39 is 23.4 Å². The van der Waals surface area contributed by atoms with E-state index in [0.717, 1.165) is 11.0 Å². The Bertz CT molecular complexity index is 616. The second-order valence-corrected chi connectivity index (χ2v) is 5.58. The average molecular weight is 343 g/mol. The van der Waals surface area contributed by atoms with Crippen LogP contribution in [0.4, 0.5) is 10.1 Å². The second-order valence-electron chi connectivity index (χ2n) is 4.73. The van der Waals surface area contributed by atoms with Gasteiger partial charge in [0.25, 0.3) is 11.7 Å². The van der Waals surface area contributed by atoms with Gasteiger partial charge in [-0.3, -0.25) is 19.3 Å². The summed E-state index contributed by atoms with van der Waals surface area (Å²) >= 11 is 2.96. The van der Waals surface area contributed by atoms with Crippen LogP contribution in [0.1, 0.15) is 24.2 Å². The van der Waals surface area contributed by atoms with Crippen molar-refractivity contribution in [1.29, 1.82) is 0 Å². The Labute approximate surface area is 123 Å². The third kappa shape index (κ3) is 2.58. The van der Waals surface area contributed by atoms with Crippen molar-refractivity contribution in [2.75, 3.05) is 11.4 Å². The smallest absolute Gasteiger partial charge is 0.299 e. The van der Waals surface area contributed by atoms with Gasteiger partial charge in [0.1, 0.15) is 12.4 Å². The van der Waals surface area contributed by atoms with Crippen molar-refractivity contribution in [3.63, 3.8) is 0 Å². The summed E-state index contributed by atoms with van der Waals surface area (Å²) in [5.41, 5.74) is 0.222. The predicted molar refractivity (Wildman–Crippen MR) is 74.1 cm³/mol. The molecule has 1 aliphatic heterocycles. The Morgan fingerprint density at radius 2 is 2.05 bits per heavy atom. The Balaban J connectivity index is 2.33. The van der Waals surface area contributed by atoms with Gasteiger partial charge in [0, 0.05) is 6.04 Å². The number of hydrogen-bond acceptors (Lipinski definition) is 3. The van der Waals surface area contributed by atoms with E-state index in [4.69, 9.17) is 0 Å². The lowest BCUT2D eigenvalue weighted by Gasteiger charge is -2.17. The van der Waals surface area contributed by atoms with Crippen molar-refractivity contribution in [2.45, 2.75) is 19.9 Å². The molecule has 1 heterocycles. The number of benzene rings is 1. The van der Waals surface area contributed by atoms with Gasteiger partial charge in [0.05, 0.1) is 15.7 Å². The van der Waals surface area contributed by atoms with Crippen LogP contribution < -0.4 is 10.2 Å². The standard InChI is InChI=1S/C13H12BrFN2O3/c1-6(2)16-11(18)5-17-10-4-9(15)8(14)3-7(10)12(19)13(17)20/h3-4,6H,5H2,1-2H3,(H,16,18). The summed E-state index contributed by atoms with van der Waals surface area (Å²) in [7, 11) is 0. The van der Waals surface area contributed by atoms with Gasteiger partial charge >= 0.3 is 0 Å². The number of ketones is 1. The number of anilines is 1. The van der Waals surface area contributed by atoms with E-state index in [2.05, 4.69) is 21.2 Å². The van der Waals surface area contributed by atoms with Crippen LogP contribution in [0.15, 0.2) is 16.6 Å². The molecule has 0 aliphatic carbocycles. The summed E-state index contributed by atoms with van der Waals surface area (Å²) < 4.78 is 13.7. The van der Waals surface area contributed by atoms with E-state index in [-0.39, 0.29) is 28.3 Å². The molecule has 0 aromatic heterocycles. The van der Waals surface area contributed by atoms with Crippen molar-refractivity contribution in [3.05, 3.63) is 28.0 Å². The summed E-state index contributed by atoms with van der Waals surface area (Å²) in [6, 6.07) is 2.24. The van der Waals surface area contributed by atoms with Crippen molar-refractivity contribution in [1.82, 2.24) is 5.32 Å². The number of nitrogens with one attached hydrogen (secondary N) is 1. The second kappa shape index (κ2) is 5.32. The highest BCUT2D eigenvalue weighted by molar-refractivity contribution is 9.10. The maximum atomic E-state index is 13.6. The van der Waals surface area contributed by atoms with E-state index in [1.165, 1.54) is 6.07 Å². The van der Waals surface area contributed by atoms with Gasteiger partial charge in [-0.25, -0.2) is 4.39 Å². The highest BCUT2D eigenvalue weighted by Gasteiger charge is 2.37. The molecule has 2 amide bonds. The summed E-state index contributed by atoms with van der Waals surface area (Å²) in [5, 5.41) is 2.61. The van der Waals surface area contributed by atoms with Crippen LogP contribution in [0.25, 0.3) is 0 Å². The Hall–Kier alpha value is -1.76. The number of hydrogen-bond donors (Lipinski definition) is 1. The first-order valence-electron chi connectivity index (χ1n) is 5.96. The molecule has 5 nitrogen and oxygen atoms in total. The van der Waals surface area contributed by atoms with Crippen molar-refractivity contribution < 1.29 is 18.8 Å². The fourth-order valence-electron chi connectivity index (χ4n) is 1.96. The first-order chi connectivity index (χ1) is 9.31. The highest BCUT2D eigenvalue weighted by atomic mass is 79.9. The lowest BCUT2D eigenvalue weighted by Crippen LogP contribution is -2.42. The molecule has 106 valence electrons. The van der Waals surface area contributed by atoms with Gasteiger partial charge in [-0.05, 0) is 41.9 Å². The van der Waals surface area contributed by atoms with Crippen LogP contribution >= 0.6 is 15.9 Å². The molecule has 1 aromatic rings. The quantitative estimate of drug-likeness (QED) is 0.849. The predicted octanol–water partition coefficient (Wildman–Crippen LogP) is 1.64. The molecule has 0 radical (unpaired) electrons. The molecular weight excluding hydrogens is 331 g/mol. The number of nitrogens with zero attached hydrogens (tertiary/aromatic N) is 1. The number of amides is 2. The minimum absolute atomic E-state index is 0.0861. The highest BCUT2D eigenvalue weighted by Crippen LogP contribution is 2.33. The molecule has 0 fully saturated rings. The Kier molecular flexibility index (Phi) is 3.89. The molecule has 0 saturated carbocycles. The van der Waals surface area contributed by atoms with Gasteiger partial charge in [-0.2, -0.15) is 0 Å². The Morgan fingerprint density at radius 1 is 1.40 bits per heavy atom. The third-order valence-corrected chi connectivity index (χ3v) is 3.37. The molecule has 1 aliphatic rings. The minimum atomic E-state index is -0.823. The van der Waals surface area contributed by atoms with E-state index in [1.54, 1.807) is 13.8 Å². The van der Waals surface area contributed by atoms with Crippen LogP contribution in [0.5, 0.6) is 0 Å². The summed E-state index contributed by atoms with van der Waals surface area (Å²) in [6.07, 6.45) is 0. The topological polar surface area (TPSA) is 66.5 Å². The largest absolute Gasteiger partial charge is 0.352 e. The molecule has 0 atom stereocenters. The molecule has 2 rings (SSSR count). The molecule has 0 bridgehead atoms. The fraction of sp³-hybridized carbons (Fsp3) is 0.308. The van der Waals surface area contributed by atoms with Crippen molar-refractivity contribution in [3.8, 4) is 0 Å². The van der Waals surface area contributed by atoms with Crippen LogP contribution in [-0.4, -0.2) is 30.2 Å². The van der Waals surface area contributed by atoms with E-state index in [9.17, 15) is 18.8 Å². The normalized spacial score (nSPS) is 13.9. The summed E-state index contributed by atoms with van der Waals surface area (Å²) in [5.74, 6) is -2.56. The molecule has 0 unspecified atom stereocenters. The molecule has 20 heavy (non-hydrogen) atoms. The average Bonchev–Trinajstić information content (AvgIpc) is 2.55. The van der Waals surface area contributed by atoms with Gasteiger partial charge in [0.2, 0.25) is 5.91 Å². The Morgan fingerprint density at radius 3 is 2.65 bits per heavy atom. The SMILES string of the molecule is CC(C)NC(=O)CN1C(=O)C(=O)c2cc(Br)c(F)cc21. The van der Waals surface area contributed by atoms with Crippen LogP contribution in [0.3, 0.4) is 0 Å². The molecule has 0 saturated heterocycles. The lowest BCUT2D eigenvalue weighted by molar-refractivity contribution is -0.122. The summed E-state index contributed by atoms with van der Waals surface area (Å²) in [4.78, 5) is 36.4. The number of halogens is 2. The number of rotatable bonds is 3. The van der Waals surface area contributed by atoms with E-state index in [0.29, 0.717) is 0 Å². The van der Waals surface area contributed by atoms with Crippen LogP contribution in [0, 0.1) is 5.82 Å². The van der Waals surface area contributed by atoms with Gasteiger partial charge in [-0.1, -0.05) is 0 Å². The zero-order chi connectivity index (χ0) is 15.0. The first kappa shape index (κ1) is 14.6. The molecule has 1 aromatic carbocycles. The first-order valence-corrected chi connectivity index (χ1v) is 6.75. The molecule has 7 heteroatoms. The number of fused-ring (bicyclic) bond motifs is 1. The van der Waals surface area contributed by atoms with Gasteiger partial charge < -0.3 is 5.32 Å². The lowest BCUT2D eigenvalue weighted by atomic mass is 10.1. The summed E-state index contributed by atoms with van der Waals surface area (Å²) in [6.45, 7) is 3.25. The molecule has 0 spiro atoms. The van der Waals surface area contributed by atoms with Crippen LogP contribution in [-0.2, 0) is 9.59 Å². The maximum Gasteiger partial charge on any atom is 0.299 e. The van der Waals surface area contributed by atoms with Crippen molar-refractivity contribution >= 4 is 39.2 Å². The third-order valence-electron chi connectivity index (χ3n) is 2.76. The fourth-order valence-corrected chi connectivity index (χ4v) is 2.30. The monoisotopic (exact) mass is 342 g/mol. The minimum Gasteiger partial charge on any atom is -0.352 e. The van der Waals surface area contributed by atoms with E-state index in [1.807, 2.05) is 0 Å². The number of carbonyl (C=O) groups excluding carboxylic acids is 3. The van der Waals surface area contributed by atoms with Crippen LogP contribution in [0.2, 0.25) is 0 Å². The molecular formula is C13H12BrFN2O3. The van der Waals surface area contributed by atoms with Gasteiger partial charge in [-0.15, -0.1) is 0 Å². The molecule has 1 N–H and O–H groups in total. The number of carbonyl (C=O) groups is 3. The van der Waals surface area contributed by atoms with Gasteiger partial charge in [0.15, 0.2) is 0 Å². The van der Waals surface area contributed by atoms with E-state index >= 15 is 0 Å². The van der Waals surface area contributed by atoms with Crippen molar-refractivity contribution in [2.24, 2.45) is 0 Å².